The van der Waals surface area contributed by atoms with Gasteiger partial charge in [-0.3, -0.25) is 9.59 Å². The van der Waals surface area contributed by atoms with E-state index >= 15 is 0 Å². The van der Waals surface area contributed by atoms with Gasteiger partial charge < -0.3 is 20.0 Å². The first kappa shape index (κ1) is 19.6. The van der Waals surface area contributed by atoms with Crippen LogP contribution in [0.15, 0.2) is 89.7 Å². The van der Waals surface area contributed by atoms with E-state index in [1.807, 2.05) is 73.7 Å². The standard InChI is InChI=1S/C26H21N3O3/c1-17-7-8-21(28-25(30)18-11-12-32-16-18)14-24(17)27-20-9-10-23-19(13-20)15-29(26(23)31)22-5-3-2-4-6-22/h2-14,16,27H,15H2,1H3,(H,28,30). The molecule has 2 N–H and O–H groups in total. The Hall–Kier alpha value is -4.32. The fourth-order valence-electron chi connectivity index (χ4n) is 3.80. The molecule has 0 spiro atoms. The molecule has 6 nitrogen and oxygen atoms in total. The monoisotopic (exact) mass is 423 g/mol. The van der Waals surface area contributed by atoms with Crippen molar-refractivity contribution in [1.29, 1.82) is 0 Å². The smallest absolute Gasteiger partial charge is 0.258 e. The lowest BCUT2D eigenvalue weighted by atomic mass is 10.1. The summed E-state index contributed by atoms with van der Waals surface area (Å²) >= 11 is 0. The average molecular weight is 423 g/mol. The molecule has 2 amide bonds. The molecule has 0 fully saturated rings. The largest absolute Gasteiger partial charge is 0.472 e. The lowest BCUT2D eigenvalue weighted by Crippen LogP contribution is -2.22. The summed E-state index contributed by atoms with van der Waals surface area (Å²) in [5.41, 5.74) is 6.52. The summed E-state index contributed by atoms with van der Waals surface area (Å²) in [7, 11) is 0. The lowest BCUT2D eigenvalue weighted by Gasteiger charge is -2.15. The molecule has 0 saturated heterocycles. The van der Waals surface area contributed by atoms with Gasteiger partial charge in [0.2, 0.25) is 0 Å². The molecule has 1 aromatic heterocycles. The van der Waals surface area contributed by atoms with Crippen LogP contribution in [0.25, 0.3) is 0 Å². The van der Waals surface area contributed by atoms with Crippen molar-refractivity contribution in [3.8, 4) is 0 Å². The number of aryl methyl sites for hydroxylation is 1. The number of benzene rings is 3. The number of carbonyl (C=O) groups is 2. The third-order valence-electron chi connectivity index (χ3n) is 5.53. The van der Waals surface area contributed by atoms with E-state index < -0.39 is 0 Å². The normalized spacial score (nSPS) is 12.5. The summed E-state index contributed by atoms with van der Waals surface area (Å²) in [5.74, 6) is -0.219. The summed E-state index contributed by atoms with van der Waals surface area (Å²) in [6, 6.07) is 22.8. The van der Waals surface area contributed by atoms with Gasteiger partial charge in [-0.05, 0) is 66.6 Å². The second-order valence-corrected chi connectivity index (χ2v) is 7.72. The summed E-state index contributed by atoms with van der Waals surface area (Å²) in [6.07, 6.45) is 2.88. The Bertz CT molecular complexity index is 1300. The molecule has 6 heteroatoms. The topological polar surface area (TPSA) is 74.6 Å². The van der Waals surface area contributed by atoms with Crippen LogP contribution in [0.4, 0.5) is 22.7 Å². The number of anilines is 4. The number of furan rings is 1. The van der Waals surface area contributed by atoms with Crippen LogP contribution in [0.1, 0.15) is 31.8 Å². The fourth-order valence-corrected chi connectivity index (χ4v) is 3.80. The molecule has 0 atom stereocenters. The Morgan fingerprint density at radius 2 is 1.78 bits per heavy atom. The van der Waals surface area contributed by atoms with Gasteiger partial charge in [0.25, 0.3) is 11.8 Å². The zero-order chi connectivity index (χ0) is 22.1. The van der Waals surface area contributed by atoms with Gasteiger partial charge in [-0.2, -0.15) is 0 Å². The van der Waals surface area contributed by atoms with Gasteiger partial charge in [0.15, 0.2) is 0 Å². The minimum atomic E-state index is -0.231. The molecule has 0 unspecified atom stereocenters. The number of rotatable bonds is 5. The highest BCUT2D eigenvalue weighted by Gasteiger charge is 2.28. The highest BCUT2D eigenvalue weighted by Crippen LogP contribution is 2.32. The van der Waals surface area contributed by atoms with Gasteiger partial charge in [-0.1, -0.05) is 24.3 Å². The van der Waals surface area contributed by atoms with Crippen LogP contribution in [0.5, 0.6) is 0 Å². The summed E-state index contributed by atoms with van der Waals surface area (Å²) in [5, 5.41) is 6.30. The molecular formula is C26H21N3O3. The van der Waals surface area contributed by atoms with Crippen molar-refractivity contribution < 1.29 is 14.0 Å². The zero-order valence-corrected chi connectivity index (χ0v) is 17.5. The molecule has 5 rings (SSSR count). The van der Waals surface area contributed by atoms with E-state index in [1.165, 1.54) is 12.5 Å². The molecule has 0 radical (unpaired) electrons. The molecule has 4 aromatic rings. The molecule has 0 aliphatic carbocycles. The third kappa shape index (κ3) is 3.74. The van der Waals surface area contributed by atoms with E-state index in [0.717, 1.165) is 33.8 Å². The Balaban J connectivity index is 1.36. The van der Waals surface area contributed by atoms with E-state index in [2.05, 4.69) is 10.6 Å². The average Bonchev–Trinajstić information content (AvgIpc) is 3.45. The number of amides is 2. The summed E-state index contributed by atoms with van der Waals surface area (Å²) in [4.78, 5) is 26.9. The molecule has 0 bridgehead atoms. The van der Waals surface area contributed by atoms with Crippen molar-refractivity contribution in [3.05, 3.63) is 108 Å². The first-order valence-corrected chi connectivity index (χ1v) is 10.3. The second kappa shape index (κ2) is 8.07. The van der Waals surface area contributed by atoms with Gasteiger partial charge in [-0.25, -0.2) is 0 Å². The van der Waals surface area contributed by atoms with Gasteiger partial charge in [0.1, 0.15) is 6.26 Å². The van der Waals surface area contributed by atoms with E-state index in [0.29, 0.717) is 17.8 Å². The Morgan fingerprint density at radius 1 is 0.969 bits per heavy atom. The van der Waals surface area contributed by atoms with Crippen molar-refractivity contribution >= 4 is 34.6 Å². The number of hydrogen-bond acceptors (Lipinski definition) is 4. The number of nitrogens with zero attached hydrogens (tertiary/aromatic N) is 1. The van der Waals surface area contributed by atoms with Crippen LogP contribution < -0.4 is 15.5 Å². The number of nitrogens with one attached hydrogen (secondary N) is 2. The summed E-state index contributed by atoms with van der Waals surface area (Å²) in [6.45, 7) is 2.53. The van der Waals surface area contributed by atoms with Crippen LogP contribution in [-0.2, 0) is 6.54 Å². The number of carbonyl (C=O) groups excluding carboxylic acids is 2. The maximum Gasteiger partial charge on any atom is 0.258 e. The Labute approximate surface area is 185 Å². The molecule has 1 aliphatic heterocycles. The number of para-hydroxylation sites is 1. The quantitative estimate of drug-likeness (QED) is 0.429. The Morgan fingerprint density at radius 3 is 2.56 bits per heavy atom. The van der Waals surface area contributed by atoms with E-state index in [1.54, 1.807) is 11.0 Å². The van der Waals surface area contributed by atoms with E-state index in [-0.39, 0.29) is 11.8 Å². The Kier molecular flexibility index (Phi) is 4.95. The predicted molar refractivity (Wildman–Crippen MR) is 125 cm³/mol. The highest BCUT2D eigenvalue weighted by atomic mass is 16.3. The summed E-state index contributed by atoms with van der Waals surface area (Å²) < 4.78 is 4.97. The van der Waals surface area contributed by atoms with Crippen molar-refractivity contribution in [2.24, 2.45) is 0 Å². The molecular weight excluding hydrogens is 402 g/mol. The van der Waals surface area contributed by atoms with E-state index in [4.69, 9.17) is 4.42 Å². The minimum absolute atomic E-state index is 0.0119. The van der Waals surface area contributed by atoms with Crippen LogP contribution >= 0.6 is 0 Å². The predicted octanol–water partition coefficient (Wildman–Crippen LogP) is 5.74. The lowest BCUT2D eigenvalue weighted by molar-refractivity contribution is 0.0994. The molecule has 158 valence electrons. The first-order chi connectivity index (χ1) is 15.6. The highest BCUT2D eigenvalue weighted by molar-refractivity contribution is 6.10. The van der Waals surface area contributed by atoms with Gasteiger partial charge >= 0.3 is 0 Å². The van der Waals surface area contributed by atoms with Gasteiger partial charge in [0.05, 0.1) is 18.4 Å². The van der Waals surface area contributed by atoms with Crippen molar-refractivity contribution in [2.75, 3.05) is 15.5 Å². The molecule has 0 saturated carbocycles. The van der Waals surface area contributed by atoms with Gasteiger partial charge in [0, 0.05) is 28.3 Å². The van der Waals surface area contributed by atoms with Crippen LogP contribution in [0, 0.1) is 6.92 Å². The van der Waals surface area contributed by atoms with Crippen molar-refractivity contribution in [1.82, 2.24) is 0 Å². The van der Waals surface area contributed by atoms with Crippen LogP contribution in [0.2, 0.25) is 0 Å². The van der Waals surface area contributed by atoms with Crippen LogP contribution in [0.3, 0.4) is 0 Å². The molecule has 2 heterocycles. The van der Waals surface area contributed by atoms with Crippen molar-refractivity contribution in [3.63, 3.8) is 0 Å². The number of fused-ring (bicyclic) bond motifs is 1. The van der Waals surface area contributed by atoms with Gasteiger partial charge in [-0.15, -0.1) is 0 Å². The zero-order valence-electron chi connectivity index (χ0n) is 17.5. The third-order valence-corrected chi connectivity index (χ3v) is 5.53. The maximum atomic E-state index is 12.8. The van der Waals surface area contributed by atoms with Crippen LogP contribution in [-0.4, -0.2) is 11.8 Å². The maximum absolute atomic E-state index is 12.8. The molecule has 32 heavy (non-hydrogen) atoms. The van der Waals surface area contributed by atoms with E-state index in [9.17, 15) is 9.59 Å². The molecule has 1 aliphatic rings. The second-order valence-electron chi connectivity index (χ2n) is 7.72. The fraction of sp³-hybridized carbons (Fsp3) is 0.0769. The number of hydrogen-bond donors (Lipinski definition) is 2. The van der Waals surface area contributed by atoms with Crippen molar-refractivity contribution in [2.45, 2.75) is 13.5 Å². The first-order valence-electron chi connectivity index (χ1n) is 10.3. The minimum Gasteiger partial charge on any atom is -0.472 e. The SMILES string of the molecule is Cc1ccc(NC(=O)c2ccoc2)cc1Nc1ccc2c(c1)CN(c1ccccc1)C2=O. The molecule has 3 aromatic carbocycles.